The molecule has 1 heterocycles. The van der Waals surface area contributed by atoms with Gasteiger partial charge in [0.2, 0.25) is 0 Å². The molecule has 5 heteroatoms. The maximum atomic E-state index is 8.35. The molecule has 0 bridgehead atoms. The Bertz CT molecular complexity index is 284. The highest BCUT2D eigenvalue weighted by Crippen LogP contribution is 2.08. The van der Waals surface area contributed by atoms with E-state index in [0.717, 1.165) is 13.1 Å². The molecule has 78 valence electrons. The van der Waals surface area contributed by atoms with Crippen molar-refractivity contribution in [1.29, 1.82) is 0 Å². The molecule has 1 aromatic heterocycles. The second kappa shape index (κ2) is 5.62. The summed E-state index contributed by atoms with van der Waals surface area (Å²) in [6.07, 6.45) is 0.594. The molecule has 0 aliphatic carbocycles. The monoisotopic (exact) mass is 213 g/mol. The molecule has 0 amide bonds. The van der Waals surface area contributed by atoms with Crippen LogP contribution in [0.3, 0.4) is 0 Å². The smallest absolute Gasteiger partial charge is 0.140 e. The minimum atomic E-state index is 0.280. The topological polar surface area (TPSA) is 61.8 Å². The zero-order valence-corrected chi connectivity index (χ0v) is 9.00. The van der Waals surface area contributed by atoms with E-state index in [1.54, 1.807) is 11.3 Å². The first-order valence-electron chi connectivity index (χ1n) is 4.38. The van der Waals surface area contributed by atoms with Crippen LogP contribution in [-0.4, -0.2) is 29.5 Å². The van der Waals surface area contributed by atoms with Crippen LogP contribution in [0.5, 0.6) is 0 Å². The fourth-order valence-corrected chi connectivity index (χ4v) is 1.79. The molecule has 1 aromatic rings. The Labute approximate surface area is 87.6 Å². The minimum absolute atomic E-state index is 0.280. The van der Waals surface area contributed by atoms with Gasteiger partial charge in [-0.1, -0.05) is 5.16 Å². The van der Waals surface area contributed by atoms with Gasteiger partial charge in [-0.15, -0.1) is 0 Å². The number of hydrogen-bond donors (Lipinski definition) is 2. The quantitative estimate of drug-likeness (QED) is 0.335. The molecule has 0 spiro atoms. The molecule has 0 radical (unpaired) electrons. The van der Waals surface area contributed by atoms with Crippen LogP contribution in [-0.2, 0) is 6.54 Å². The first-order chi connectivity index (χ1) is 6.72. The zero-order chi connectivity index (χ0) is 10.4. The summed E-state index contributed by atoms with van der Waals surface area (Å²) in [5, 5.41) is 15.5. The van der Waals surface area contributed by atoms with E-state index in [1.807, 2.05) is 7.05 Å². The Kier molecular flexibility index (Phi) is 4.42. The lowest BCUT2D eigenvalue weighted by molar-refractivity contribution is 0.309. The van der Waals surface area contributed by atoms with Crippen LogP contribution >= 0.6 is 11.3 Å². The normalized spacial score (nSPS) is 12.3. The number of hydrogen-bond acceptors (Lipinski definition) is 4. The second-order valence-corrected chi connectivity index (χ2v) is 3.99. The van der Waals surface area contributed by atoms with Crippen LogP contribution in [0.4, 0.5) is 0 Å². The third-order valence-corrected chi connectivity index (χ3v) is 2.64. The Morgan fingerprint density at radius 3 is 3.07 bits per heavy atom. The fourth-order valence-electron chi connectivity index (χ4n) is 1.13. The van der Waals surface area contributed by atoms with E-state index in [0.29, 0.717) is 6.42 Å². The molecule has 0 aliphatic rings. The summed E-state index contributed by atoms with van der Waals surface area (Å²) in [7, 11) is 2.02. The zero-order valence-electron chi connectivity index (χ0n) is 8.18. The van der Waals surface area contributed by atoms with Gasteiger partial charge in [0.25, 0.3) is 0 Å². The highest BCUT2D eigenvalue weighted by Gasteiger charge is 2.01. The van der Waals surface area contributed by atoms with Crippen molar-refractivity contribution in [3.05, 3.63) is 22.4 Å². The second-order valence-electron chi connectivity index (χ2n) is 3.21. The molecule has 0 aromatic carbocycles. The average Bonchev–Trinajstić information content (AvgIpc) is 2.66. The van der Waals surface area contributed by atoms with Crippen molar-refractivity contribution in [2.75, 3.05) is 13.6 Å². The van der Waals surface area contributed by atoms with Crippen molar-refractivity contribution in [2.45, 2.75) is 13.0 Å². The van der Waals surface area contributed by atoms with E-state index in [1.165, 1.54) is 5.56 Å². The van der Waals surface area contributed by atoms with Crippen LogP contribution in [0.15, 0.2) is 22.0 Å². The van der Waals surface area contributed by atoms with Crippen molar-refractivity contribution in [3.8, 4) is 0 Å². The largest absolute Gasteiger partial charge is 0.409 e. The maximum Gasteiger partial charge on any atom is 0.140 e. The molecule has 0 unspecified atom stereocenters. The first-order valence-corrected chi connectivity index (χ1v) is 5.32. The van der Waals surface area contributed by atoms with Gasteiger partial charge < -0.3 is 15.8 Å². The lowest BCUT2D eigenvalue weighted by Gasteiger charge is -2.14. The third kappa shape index (κ3) is 3.76. The molecule has 0 atom stereocenters. The standard InChI is InChI=1S/C9H15N3OS/c1-12(4-2-9(10)11-13)6-8-3-5-14-7-8/h3,5,7,13H,2,4,6H2,1H3,(H2,10,11). The molecule has 0 fully saturated rings. The molecular formula is C9H15N3OS. The van der Waals surface area contributed by atoms with Crippen molar-refractivity contribution in [3.63, 3.8) is 0 Å². The average molecular weight is 213 g/mol. The summed E-state index contributed by atoms with van der Waals surface area (Å²) >= 11 is 1.70. The first kappa shape index (κ1) is 11.0. The minimum Gasteiger partial charge on any atom is -0.409 e. The SMILES string of the molecule is CN(CC/C(N)=N/O)Cc1ccsc1. The lowest BCUT2D eigenvalue weighted by atomic mass is 10.3. The number of oxime groups is 1. The molecule has 3 N–H and O–H groups in total. The fraction of sp³-hybridized carbons (Fsp3) is 0.444. The van der Waals surface area contributed by atoms with E-state index in [9.17, 15) is 0 Å². The molecule has 0 aliphatic heterocycles. The van der Waals surface area contributed by atoms with Crippen molar-refractivity contribution in [2.24, 2.45) is 10.9 Å². The summed E-state index contributed by atoms with van der Waals surface area (Å²) < 4.78 is 0. The maximum absolute atomic E-state index is 8.35. The Morgan fingerprint density at radius 2 is 2.50 bits per heavy atom. The van der Waals surface area contributed by atoms with Crippen LogP contribution in [0.25, 0.3) is 0 Å². The summed E-state index contributed by atoms with van der Waals surface area (Å²) in [5.74, 6) is 0.280. The summed E-state index contributed by atoms with van der Waals surface area (Å²) in [5.41, 5.74) is 6.67. The van der Waals surface area contributed by atoms with Crippen LogP contribution in [0.2, 0.25) is 0 Å². The summed E-state index contributed by atoms with van der Waals surface area (Å²) in [4.78, 5) is 2.14. The third-order valence-electron chi connectivity index (χ3n) is 1.91. The predicted octanol–water partition coefficient (Wildman–Crippen LogP) is 1.32. The van der Waals surface area contributed by atoms with Gasteiger partial charge in [0, 0.05) is 19.5 Å². The highest BCUT2D eigenvalue weighted by atomic mass is 32.1. The van der Waals surface area contributed by atoms with Crippen molar-refractivity contribution < 1.29 is 5.21 Å². The van der Waals surface area contributed by atoms with E-state index < -0.39 is 0 Å². The molecule has 4 nitrogen and oxygen atoms in total. The Morgan fingerprint density at radius 1 is 1.71 bits per heavy atom. The van der Waals surface area contributed by atoms with Crippen molar-refractivity contribution in [1.82, 2.24) is 4.90 Å². The van der Waals surface area contributed by atoms with Crippen molar-refractivity contribution >= 4 is 17.2 Å². The van der Waals surface area contributed by atoms with Gasteiger partial charge >= 0.3 is 0 Å². The van der Waals surface area contributed by atoms with E-state index >= 15 is 0 Å². The number of rotatable bonds is 5. The van der Waals surface area contributed by atoms with E-state index in [2.05, 4.69) is 26.9 Å². The predicted molar refractivity (Wildman–Crippen MR) is 58.7 cm³/mol. The van der Waals surface area contributed by atoms with Crippen LogP contribution in [0.1, 0.15) is 12.0 Å². The number of thiophene rings is 1. The number of nitrogens with zero attached hydrogens (tertiary/aromatic N) is 2. The molecule has 0 saturated heterocycles. The Balaban J connectivity index is 2.26. The van der Waals surface area contributed by atoms with Gasteiger partial charge in [-0.05, 0) is 29.4 Å². The molecule has 1 rings (SSSR count). The van der Waals surface area contributed by atoms with Gasteiger partial charge in [-0.25, -0.2) is 0 Å². The molecule has 0 saturated carbocycles. The van der Waals surface area contributed by atoms with E-state index in [4.69, 9.17) is 10.9 Å². The lowest BCUT2D eigenvalue weighted by Crippen LogP contribution is -2.24. The van der Waals surface area contributed by atoms with Gasteiger partial charge in [0.15, 0.2) is 0 Å². The molecule has 14 heavy (non-hydrogen) atoms. The summed E-state index contributed by atoms with van der Waals surface area (Å²) in [6.45, 7) is 1.70. The van der Waals surface area contributed by atoms with Gasteiger partial charge in [0.1, 0.15) is 5.84 Å². The van der Waals surface area contributed by atoms with Crippen LogP contribution < -0.4 is 5.73 Å². The molecular weight excluding hydrogens is 198 g/mol. The van der Waals surface area contributed by atoms with Gasteiger partial charge in [-0.2, -0.15) is 11.3 Å². The van der Waals surface area contributed by atoms with Crippen LogP contribution in [0, 0.1) is 0 Å². The number of nitrogens with two attached hydrogens (primary N) is 1. The van der Waals surface area contributed by atoms with Gasteiger partial charge in [-0.3, -0.25) is 0 Å². The Hall–Kier alpha value is -1.07. The number of amidine groups is 1. The highest BCUT2D eigenvalue weighted by molar-refractivity contribution is 7.07. The van der Waals surface area contributed by atoms with Gasteiger partial charge in [0.05, 0.1) is 0 Å². The van der Waals surface area contributed by atoms with E-state index in [-0.39, 0.29) is 5.84 Å². The summed E-state index contributed by atoms with van der Waals surface area (Å²) in [6, 6.07) is 2.10.